The van der Waals surface area contributed by atoms with Crippen LogP contribution in [0.4, 0.5) is 0 Å². The molecule has 1 fully saturated rings. The third-order valence-corrected chi connectivity index (χ3v) is 5.05. The summed E-state index contributed by atoms with van der Waals surface area (Å²) in [5.41, 5.74) is -0.146. The molecule has 0 spiro atoms. The molecule has 0 aromatic heterocycles. The average Bonchev–Trinajstić information content (AvgIpc) is 2.71. The highest BCUT2D eigenvalue weighted by Crippen LogP contribution is 2.36. The molecule has 98 valence electrons. The number of hydrogen-bond acceptors (Lipinski definition) is 3. The van der Waals surface area contributed by atoms with Crippen molar-refractivity contribution in [3.63, 3.8) is 0 Å². The fourth-order valence-electron chi connectivity index (χ4n) is 2.20. The van der Waals surface area contributed by atoms with Gasteiger partial charge >= 0.3 is 0 Å². The van der Waals surface area contributed by atoms with E-state index in [4.69, 9.17) is 5.26 Å². The second-order valence-corrected chi connectivity index (χ2v) is 7.71. The molecule has 0 saturated carbocycles. The van der Waals surface area contributed by atoms with Gasteiger partial charge in [0.1, 0.15) is 0 Å². The van der Waals surface area contributed by atoms with E-state index >= 15 is 0 Å². The molecule has 0 aromatic carbocycles. The summed E-state index contributed by atoms with van der Waals surface area (Å²) in [5.74, 6) is 1.33. The summed E-state index contributed by atoms with van der Waals surface area (Å²) in [4.78, 5) is 0. The van der Waals surface area contributed by atoms with E-state index in [2.05, 4.69) is 30.1 Å². The van der Waals surface area contributed by atoms with Crippen molar-refractivity contribution >= 4 is 11.8 Å². The predicted molar refractivity (Wildman–Crippen MR) is 76.2 cm³/mol. The number of unbranched alkanes of at least 4 members (excludes halogenated alkanes) is 1. The minimum Gasteiger partial charge on any atom is -0.315 e. The summed E-state index contributed by atoms with van der Waals surface area (Å²) < 4.78 is 0.478. The molecule has 0 aromatic rings. The standard InChI is InChI=1S/C14H26N2S/c1-13(2,11-15)7-4-5-9-16-12-14(3)8-6-10-17-14/h16H,4-10,12H2,1-3H3. The molecule has 1 rings (SSSR count). The molecule has 1 N–H and O–H groups in total. The van der Waals surface area contributed by atoms with Crippen LogP contribution in [0.25, 0.3) is 0 Å². The second kappa shape index (κ2) is 6.66. The summed E-state index contributed by atoms with van der Waals surface area (Å²) in [6.45, 7) is 8.65. The fraction of sp³-hybridized carbons (Fsp3) is 0.929. The lowest BCUT2D eigenvalue weighted by atomic mass is 9.89. The molecule has 1 aliphatic rings. The van der Waals surface area contributed by atoms with Crippen molar-refractivity contribution in [1.29, 1.82) is 5.26 Å². The van der Waals surface area contributed by atoms with Gasteiger partial charge in [0.2, 0.25) is 0 Å². The van der Waals surface area contributed by atoms with Crippen molar-refractivity contribution < 1.29 is 0 Å². The molecule has 1 heterocycles. The smallest absolute Gasteiger partial charge is 0.0683 e. The van der Waals surface area contributed by atoms with E-state index in [9.17, 15) is 0 Å². The average molecular weight is 254 g/mol. The van der Waals surface area contributed by atoms with Crippen LogP contribution >= 0.6 is 11.8 Å². The maximum absolute atomic E-state index is 8.91. The van der Waals surface area contributed by atoms with Crippen molar-refractivity contribution in [3.05, 3.63) is 0 Å². The van der Waals surface area contributed by atoms with E-state index in [0.717, 1.165) is 25.9 Å². The minimum absolute atomic E-state index is 0.146. The second-order valence-electron chi connectivity index (χ2n) is 6.03. The molecular formula is C14H26N2S. The van der Waals surface area contributed by atoms with E-state index in [1.54, 1.807) is 0 Å². The van der Waals surface area contributed by atoms with Crippen molar-refractivity contribution in [1.82, 2.24) is 5.32 Å². The number of nitrogens with zero attached hydrogens (tertiary/aromatic N) is 1. The van der Waals surface area contributed by atoms with E-state index in [1.807, 2.05) is 13.8 Å². The highest BCUT2D eigenvalue weighted by Gasteiger charge is 2.28. The lowest BCUT2D eigenvalue weighted by Crippen LogP contribution is -2.33. The van der Waals surface area contributed by atoms with Gasteiger partial charge in [-0.2, -0.15) is 17.0 Å². The zero-order chi connectivity index (χ0) is 12.8. The number of nitriles is 1. The third kappa shape index (κ3) is 5.79. The lowest BCUT2D eigenvalue weighted by molar-refractivity contribution is 0.419. The fourth-order valence-corrected chi connectivity index (χ4v) is 3.48. The Bertz CT molecular complexity index is 262. The normalized spacial score (nSPS) is 24.8. The molecular weight excluding hydrogens is 228 g/mol. The van der Waals surface area contributed by atoms with Gasteiger partial charge in [-0.3, -0.25) is 0 Å². The van der Waals surface area contributed by atoms with Crippen molar-refractivity contribution in [2.75, 3.05) is 18.8 Å². The van der Waals surface area contributed by atoms with E-state index < -0.39 is 0 Å². The highest BCUT2D eigenvalue weighted by atomic mass is 32.2. The Kier molecular flexibility index (Phi) is 5.82. The molecule has 1 saturated heterocycles. The molecule has 0 amide bonds. The highest BCUT2D eigenvalue weighted by molar-refractivity contribution is 8.00. The first-order valence-corrected chi connectivity index (χ1v) is 7.72. The van der Waals surface area contributed by atoms with Crippen molar-refractivity contribution in [2.45, 2.75) is 57.6 Å². The van der Waals surface area contributed by atoms with Gasteiger partial charge in [0.25, 0.3) is 0 Å². The molecule has 1 aliphatic heterocycles. The van der Waals surface area contributed by atoms with Gasteiger partial charge in [0, 0.05) is 11.3 Å². The van der Waals surface area contributed by atoms with Gasteiger partial charge in [-0.1, -0.05) is 6.42 Å². The Morgan fingerprint density at radius 2 is 2.18 bits per heavy atom. The van der Waals surface area contributed by atoms with Crippen LogP contribution in [-0.4, -0.2) is 23.6 Å². The number of nitrogens with one attached hydrogen (secondary N) is 1. The predicted octanol–water partition coefficient (Wildman–Crippen LogP) is 3.58. The van der Waals surface area contributed by atoms with Crippen molar-refractivity contribution in [3.8, 4) is 6.07 Å². The number of thioether (sulfide) groups is 1. The Labute approximate surface area is 111 Å². The molecule has 0 radical (unpaired) electrons. The molecule has 17 heavy (non-hydrogen) atoms. The van der Waals surface area contributed by atoms with Gasteiger partial charge in [-0.15, -0.1) is 0 Å². The molecule has 1 unspecified atom stereocenters. The first kappa shape index (κ1) is 14.9. The third-order valence-electron chi connectivity index (χ3n) is 3.51. The van der Waals surface area contributed by atoms with E-state index in [1.165, 1.54) is 25.0 Å². The van der Waals surface area contributed by atoms with Crippen LogP contribution in [0, 0.1) is 16.7 Å². The molecule has 0 aliphatic carbocycles. The SMILES string of the molecule is CC(C)(C#N)CCCCNCC1(C)CCCS1. The Morgan fingerprint density at radius 1 is 1.41 bits per heavy atom. The monoisotopic (exact) mass is 254 g/mol. The Hall–Kier alpha value is -0.200. The largest absolute Gasteiger partial charge is 0.315 e. The molecule has 0 bridgehead atoms. The first-order valence-electron chi connectivity index (χ1n) is 6.73. The lowest BCUT2D eigenvalue weighted by Gasteiger charge is -2.23. The zero-order valence-corrected chi connectivity index (χ0v) is 12.3. The van der Waals surface area contributed by atoms with Crippen LogP contribution in [0.1, 0.15) is 52.9 Å². The first-order chi connectivity index (χ1) is 7.97. The van der Waals surface area contributed by atoms with E-state index in [0.29, 0.717) is 4.75 Å². The van der Waals surface area contributed by atoms with Gasteiger partial charge < -0.3 is 5.32 Å². The van der Waals surface area contributed by atoms with Crippen LogP contribution < -0.4 is 5.32 Å². The Balaban J connectivity index is 2.00. The summed E-state index contributed by atoms with van der Waals surface area (Å²) in [6, 6.07) is 2.36. The van der Waals surface area contributed by atoms with Gasteiger partial charge in [0.15, 0.2) is 0 Å². The van der Waals surface area contributed by atoms with Crippen LogP contribution in [0.15, 0.2) is 0 Å². The van der Waals surface area contributed by atoms with Crippen LogP contribution in [0.3, 0.4) is 0 Å². The zero-order valence-electron chi connectivity index (χ0n) is 11.5. The van der Waals surface area contributed by atoms with Gasteiger partial charge in [-0.05, 0) is 58.8 Å². The van der Waals surface area contributed by atoms with Crippen molar-refractivity contribution in [2.24, 2.45) is 5.41 Å². The molecule has 3 heteroatoms. The number of hydrogen-bond donors (Lipinski definition) is 1. The van der Waals surface area contributed by atoms with Gasteiger partial charge in [0.05, 0.1) is 11.5 Å². The summed E-state index contributed by atoms with van der Waals surface area (Å²) in [5, 5.41) is 12.5. The molecule has 2 nitrogen and oxygen atoms in total. The Morgan fingerprint density at radius 3 is 2.76 bits per heavy atom. The summed E-state index contributed by atoms with van der Waals surface area (Å²) in [6.07, 6.45) is 6.08. The number of rotatable bonds is 7. The van der Waals surface area contributed by atoms with Gasteiger partial charge in [-0.25, -0.2) is 0 Å². The maximum Gasteiger partial charge on any atom is 0.0683 e. The van der Waals surface area contributed by atoms with Crippen LogP contribution in [0.5, 0.6) is 0 Å². The quantitative estimate of drug-likeness (QED) is 0.705. The van der Waals surface area contributed by atoms with Crippen LogP contribution in [-0.2, 0) is 0 Å². The topological polar surface area (TPSA) is 35.8 Å². The summed E-state index contributed by atoms with van der Waals surface area (Å²) >= 11 is 2.11. The van der Waals surface area contributed by atoms with E-state index in [-0.39, 0.29) is 5.41 Å². The molecule has 1 atom stereocenters. The summed E-state index contributed by atoms with van der Waals surface area (Å²) in [7, 11) is 0. The minimum atomic E-state index is -0.146. The maximum atomic E-state index is 8.91. The van der Waals surface area contributed by atoms with Crippen LogP contribution in [0.2, 0.25) is 0 Å².